The minimum Gasteiger partial charge on any atom is -0.296 e. The van der Waals surface area contributed by atoms with E-state index >= 15 is 0 Å². The van der Waals surface area contributed by atoms with E-state index < -0.39 is 5.54 Å². The Balaban J connectivity index is 2.73. The molecule has 1 N–H and O–H groups in total. The summed E-state index contributed by atoms with van der Waals surface area (Å²) in [5.74, 6) is 0. The Labute approximate surface area is 90.9 Å². The lowest BCUT2D eigenvalue weighted by atomic mass is 10.0. The molecular formula is C11H18N4. The Morgan fingerprint density at radius 3 is 2.73 bits per heavy atom. The fraction of sp³-hybridized carbons (Fsp3) is 0.636. The molecule has 15 heavy (non-hydrogen) atoms. The van der Waals surface area contributed by atoms with Gasteiger partial charge in [-0.2, -0.15) is 10.4 Å². The van der Waals surface area contributed by atoms with Gasteiger partial charge in [-0.1, -0.05) is 0 Å². The summed E-state index contributed by atoms with van der Waals surface area (Å²) in [5.41, 5.74) is 0.409. The number of nitrogens with zero attached hydrogens (tertiary/aromatic N) is 3. The van der Waals surface area contributed by atoms with Gasteiger partial charge in [-0.05, 0) is 33.8 Å². The largest absolute Gasteiger partial charge is 0.296 e. The molecule has 1 unspecified atom stereocenters. The van der Waals surface area contributed by atoms with Crippen molar-refractivity contribution in [1.29, 1.82) is 5.26 Å². The van der Waals surface area contributed by atoms with Gasteiger partial charge in [-0.3, -0.25) is 10.00 Å². The predicted molar refractivity (Wildman–Crippen MR) is 59.3 cm³/mol. The van der Waals surface area contributed by atoms with Crippen LogP contribution in [0.15, 0.2) is 12.3 Å². The van der Waals surface area contributed by atoms with Crippen LogP contribution in [-0.4, -0.2) is 21.4 Å². The maximum atomic E-state index is 9.15. The number of hydrogen-bond donors (Lipinski definition) is 1. The van der Waals surface area contributed by atoms with Crippen LogP contribution in [0.3, 0.4) is 0 Å². The van der Waals surface area contributed by atoms with E-state index in [0.717, 1.165) is 5.69 Å². The Morgan fingerprint density at radius 1 is 1.67 bits per heavy atom. The molecule has 1 atom stereocenters. The topological polar surface area (TPSA) is 53.6 Å². The molecular weight excluding hydrogens is 188 g/mol. The molecule has 0 aliphatic heterocycles. The van der Waals surface area contributed by atoms with Gasteiger partial charge in [-0.25, -0.2) is 0 Å². The molecule has 0 radical (unpaired) electrons. The molecule has 4 heteroatoms. The molecule has 0 aromatic carbocycles. The number of hydrogen-bond acceptors (Lipinski definition) is 3. The van der Waals surface area contributed by atoms with Crippen molar-refractivity contribution in [2.45, 2.75) is 45.8 Å². The van der Waals surface area contributed by atoms with Gasteiger partial charge in [0.05, 0.1) is 18.3 Å². The molecule has 0 fully saturated rings. The lowest BCUT2D eigenvalue weighted by Gasteiger charge is -2.25. The Hall–Kier alpha value is -1.34. The zero-order valence-electron chi connectivity index (χ0n) is 9.78. The molecule has 1 aromatic rings. The first-order valence-corrected chi connectivity index (χ1v) is 5.14. The summed E-state index contributed by atoms with van der Waals surface area (Å²) in [7, 11) is 0. The van der Waals surface area contributed by atoms with Gasteiger partial charge in [-0.15, -0.1) is 0 Å². The minimum absolute atomic E-state index is 0.284. The van der Waals surface area contributed by atoms with Gasteiger partial charge in [0.25, 0.3) is 0 Å². The van der Waals surface area contributed by atoms with Gasteiger partial charge in [0.15, 0.2) is 0 Å². The Kier molecular flexibility index (Phi) is 3.48. The number of aryl methyl sites for hydroxylation is 1. The van der Waals surface area contributed by atoms with E-state index in [0.29, 0.717) is 6.54 Å². The van der Waals surface area contributed by atoms with E-state index in [1.165, 1.54) is 0 Å². The predicted octanol–water partition coefficient (Wildman–Crippen LogP) is 1.47. The monoisotopic (exact) mass is 206 g/mol. The second-order valence-corrected chi connectivity index (χ2v) is 4.40. The zero-order valence-corrected chi connectivity index (χ0v) is 9.78. The summed E-state index contributed by atoms with van der Waals surface area (Å²) in [4.78, 5) is 0. The Morgan fingerprint density at radius 2 is 2.33 bits per heavy atom. The van der Waals surface area contributed by atoms with E-state index in [4.69, 9.17) is 5.26 Å². The third-order valence-electron chi connectivity index (χ3n) is 2.11. The van der Waals surface area contributed by atoms with Crippen LogP contribution in [0.25, 0.3) is 0 Å². The van der Waals surface area contributed by atoms with Gasteiger partial charge in [0, 0.05) is 12.2 Å². The first kappa shape index (κ1) is 11.7. The quantitative estimate of drug-likeness (QED) is 0.811. The summed E-state index contributed by atoms with van der Waals surface area (Å²) in [5, 5.41) is 16.7. The van der Waals surface area contributed by atoms with Crippen LogP contribution in [0, 0.1) is 18.3 Å². The molecule has 0 amide bonds. The highest BCUT2D eigenvalue weighted by molar-refractivity contribution is 5.05. The standard InChI is InChI=1S/C11H18N4/c1-9(2)13-11(4,7-12)8-15-6-5-10(3)14-15/h5-6,9,13H,8H2,1-4H3. The molecule has 0 aliphatic carbocycles. The van der Waals surface area contributed by atoms with Crippen molar-refractivity contribution in [1.82, 2.24) is 15.1 Å². The summed E-state index contributed by atoms with van der Waals surface area (Å²) >= 11 is 0. The van der Waals surface area contributed by atoms with E-state index in [-0.39, 0.29) is 6.04 Å². The summed E-state index contributed by atoms with van der Waals surface area (Å²) in [6.45, 7) is 8.46. The first-order valence-electron chi connectivity index (χ1n) is 5.14. The van der Waals surface area contributed by atoms with Gasteiger partial charge in [0.1, 0.15) is 5.54 Å². The minimum atomic E-state index is -0.563. The number of nitrogens with one attached hydrogen (secondary N) is 1. The second kappa shape index (κ2) is 4.45. The van der Waals surface area contributed by atoms with Crippen molar-refractivity contribution in [3.8, 4) is 6.07 Å². The number of aromatic nitrogens is 2. The lowest BCUT2D eigenvalue weighted by molar-refractivity contribution is 0.343. The fourth-order valence-corrected chi connectivity index (χ4v) is 1.63. The van der Waals surface area contributed by atoms with Crippen molar-refractivity contribution in [2.24, 2.45) is 0 Å². The maximum absolute atomic E-state index is 9.15. The van der Waals surface area contributed by atoms with Crippen LogP contribution in [0.4, 0.5) is 0 Å². The van der Waals surface area contributed by atoms with Gasteiger partial charge < -0.3 is 0 Å². The summed E-state index contributed by atoms with van der Waals surface area (Å²) in [6.07, 6.45) is 1.90. The van der Waals surface area contributed by atoms with Crippen LogP contribution >= 0.6 is 0 Å². The molecule has 0 saturated heterocycles. The van der Waals surface area contributed by atoms with Crippen molar-refractivity contribution in [2.75, 3.05) is 0 Å². The zero-order chi connectivity index (χ0) is 11.5. The summed E-state index contributed by atoms with van der Waals surface area (Å²) in [6, 6.07) is 4.52. The van der Waals surface area contributed by atoms with Gasteiger partial charge in [0.2, 0.25) is 0 Å². The highest BCUT2D eigenvalue weighted by Crippen LogP contribution is 2.07. The lowest BCUT2D eigenvalue weighted by Crippen LogP contribution is -2.48. The molecule has 1 heterocycles. The van der Waals surface area contributed by atoms with E-state index in [1.54, 1.807) is 4.68 Å². The van der Waals surface area contributed by atoms with Crippen molar-refractivity contribution < 1.29 is 0 Å². The van der Waals surface area contributed by atoms with Crippen LogP contribution in [0.1, 0.15) is 26.5 Å². The highest BCUT2D eigenvalue weighted by Gasteiger charge is 2.25. The molecule has 0 spiro atoms. The fourth-order valence-electron chi connectivity index (χ4n) is 1.63. The molecule has 0 bridgehead atoms. The third kappa shape index (κ3) is 3.37. The number of nitriles is 1. The van der Waals surface area contributed by atoms with Crippen molar-refractivity contribution in [3.05, 3.63) is 18.0 Å². The average Bonchev–Trinajstić information content (AvgIpc) is 2.49. The van der Waals surface area contributed by atoms with Crippen LogP contribution in [0.5, 0.6) is 0 Å². The van der Waals surface area contributed by atoms with E-state index in [2.05, 4.69) is 16.5 Å². The normalized spacial score (nSPS) is 14.9. The molecule has 82 valence electrons. The van der Waals surface area contributed by atoms with Crippen molar-refractivity contribution >= 4 is 0 Å². The smallest absolute Gasteiger partial charge is 0.123 e. The highest BCUT2D eigenvalue weighted by atomic mass is 15.3. The molecule has 1 rings (SSSR count). The van der Waals surface area contributed by atoms with Gasteiger partial charge >= 0.3 is 0 Å². The average molecular weight is 206 g/mol. The molecule has 0 aliphatic rings. The van der Waals surface area contributed by atoms with E-state index in [1.807, 2.05) is 40.0 Å². The third-order valence-corrected chi connectivity index (χ3v) is 2.11. The first-order chi connectivity index (χ1) is 6.95. The Bertz CT molecular complexity index is 361. The summed E-state index contributed by atoms with van der Waals surface area (Å²) < 4.78 is 1.80. The van der Waals surface area contributed by atoms with Crippen LogP contribution < -0.4 is 5.32 Å². The van der Waals surface area contributed by atoms with E-state index in [9.17, 15) is 0 Å². The molecule has 4 nitrogen and oxygen atoms in total. The van der Waals surface area contributed by atoms with Crippen molar-refractivity contribution in [3.63, 3.8) is 0 Å². The second-order valence-electron chi connectivity index (χ2n) is 4.40. The SMILES string of the molecule is Cc1ccn(CC(C)(C#N)NC(C)C)n1. The number of rotatable bonds is 4. The molecule has 0 saturated carbocycles. The molecule has 1 aromatic heterocycles. The van der Waals surface area contributed by atoms with Crippen LogP contribution in [0.2, 0.25) is 0 Å². The maximum Gasteiger partial charge on any atom is 0.123 e. The van der Waals surface area contributed by atoms with Crippen LogP contribution in [-0.2, 0) is 6.54 Å².